The van der Waals surface area contributed by atoms with Gasteiger partial charge in [-0.2, -0.15) is 5.26 Å². The van der Waals surface area contributed by atoms with Gasteiger partial charge in [0.2, 0.25) is 0 Å². The van der Waals surface area contributed by atoms with Crippen LogP contribution in [0.15, 0.2) is 48.0 Å². The van der Waals surface area contributed by atoms with Gasteiger partial charge in [0.25, 0.3) is 11.8 Å². The highest BCUT2D eigenvalue weighted by Gasteiger charge is 2.36. The molecule has 2 amide bonds. The first-order chi connectivity index (χ1) is 13.5. The van der Waals surface area contributed by atoms with Crippen LogP contribution in [0.1, 0.15) is 25.3 Å². The lowest BCUT2D eigenvalue weighted by molar-refractivity contribution is -0.114. The Morgan fingerprint density at radius 3 is 2.68 bits per heavy atom. The molecule has 7 heteroatoms. The molecular formula is C21H17Cl2N3O2. The Balaban J connectivity index is 2.04. The molecule has 142 valence electrons. The zero-order valence-electron chi connectivity index (χ0n) is 15.1. The monoisotopic (exact) mass is 413 g/mol. The minimum atomic E-state index is -0.706. The maximum absolute atomic E-state index is 13.0. The van der Waals surface area contributed by atoms with Crippen LogP contribution in [0.25, 0.3) is 5.57 Å². The van der Waals surface area contributed by atoms with Crippen LogP contribution in [0, 0.1) is 11.3 Å². The van der Waals surface area contributed by atoms with E-state index in [1.54, 1.807) is 29.2 Å². The van der Waals surface area contributed by atoms with E-state index in [0.717, 1.165) is 12.8 Å². The largest absolute Gasteiger partial charge is 0.320 e. The molecule has 0 radical (unpaired) electrons. The number of hydrogen-bond acceptors (Lipinski definition) is 3. The molecule has 1 N–H and O–H groups in total. The molecule has 2 aromatic carbocycles. The number of carbonyl (C=O) groups excluding carboxylic acids is 2. The van der Waals surface area contributed by atoms with Gasteiger partial charge in [-0.3, -0.25) is 9.59 Å². The summed E-state index contributed by atoms with van der Waals surface area (Å²) >= 11 is 12.0. The van der Waals surface area contributed by atoms with Gasteiger partial charge in [0.1, 0.15) is 11.6 Å². The van der Waals surface area contributed by atoms with E-state index < -0.39 is 5.91 Å². The second-order valence-corrected chi connectivity index (χ2v) is 7.11. The number of benzene rings is 2. The maximum atomic E-state index is 13.0. The number of rotatable bonds is 5. The fourth-order valence-electron chi connectivity index (χ4n) is 3.06. The Morgan fingerprint density at radius 2 is 1.96 bits per heavy atom. The molecular weight excluding hydrogens is 397 g/mol. The van der Waals surface area contributed by atoms with Gasteiger partial charge in [-0.1, -0.05) is 54.7 Å². The molecule has 3 rings (SSSR count). The van der Waals surface area contributed by atoms with E-state index in [9.17, 15) is 14.9 Å². The molecule has 0 spiro atoms. The fourth-order valence-corrected chi connectivity index (χ4v) is 3.40. The summed E-state index contributed by atoms with van der Waals surface area (Å²) in [5.41, 5.74) is 1.40. The number of fused-ring (bicyclic) bond motifs is 1. The smallest absolute Gasteiger partial charge is 0.267 e. The van der Waals surface area contributed by atoms with Crippen LogP contribution in [-0.4, -0.2) is 18.4 Å². The van der Waals surface area contributed by atoms with Crippen molar-refractivity contribution in [1.82, 2.24) is 0 Å². The minimum Gasteiger partial charge on any atom is -0.320 e. The van der Waals surface area contributed by atoms with Crippen molar-refractivity contribution in [1.29, 1.82) is 5.26 Å². The Kier molecular flexibility index (Phi) is 6.03. The molecule has 1 aliphatic rings. The van der Waals surface area contributed by atoms with Gasteiger partial charge in [0, 0.05) is 17.1 Å². The maximum Gasteiger partial charge on any atom is 0.267 e. The average molecular weight is 414 g/mol. The lowest BCUT2D eigenvalue weighted by atomic mass is 10.0. The standard InChI is InChI=1S/C21H17Cl2N3O2/c1-2-3-10-26-18-7-5-4-6-14(18)19(21(26)28)15(12-24)20(27)25-17-11-13(22)8-9-16(17)23/h4-9,11H,2-3,10H2,1H3,(H,25,27). The SMILES string of the molecule is CCCCN1C(=O)C(=C(C#N)C(=O)Nc2cc(Cl)ccc2Cl)c2ccccc21. The molecule has 0 aromatic heterocycles. The van der Waals surface area contributed by atoms with E-state index in [2.05, 4.69) is 5.32 Å². The summed E-state index contributed by atoms with van der Waals surface area (Å²) in [7, 11) is 0. The van der Waals surface area contributed by atoms with Gasteiger partial charge in [-0.05, 0) is 30.7 Å². The quantitative estimate of drug-likeness (QED) is 0.549. The number of halogens is 2. The number of anilines is 2. The summed E-state index contributed by atoms with van der Waals surface area (Å²) in [6.45, 7) is 2.56. The average Bonchev–Trinajstić information content (AvgIpc) is 2.96. The van der Waals surface area contributed by atoms with Crippen molar-refractivity contribution in [3.05, 3.63) is 63.6 Å². The number of nitrogens with one attached hydrogen (secondary N) is 1. The molecule has 0 saturated heterocycles. The molecule has 5 nitrogen and oxygen atoms in total. The topological polar surface area (TPSA) is 73.2 Å². The molecule has 0 bridgehead atoms. The van der Waals surface area contributed by atoms with Crippen molar-refractivity contribution in [3.63, 3.8) is 0 Å². The summed E-state index contributed by atoms with van der Waals surface area (Å²) in [6.07, 6.45) is 1.74. The van der Waals surface area contributed by atoms with Gasteiger partial charge in [-0.15, -0.1) is 0 Å². The van der Waals surface area contributed by atoms with Crippen molar-refractivity contribution in [3.8, 4) is 6.07 Å². The van der Waals surface area contributed by atoms with Gasteiger partial charge in [0.15, 0.2) is 0 Å². The fraction of sp³-hybridized carbons (Fsp3) is 0.190. The number of unbranched alkanes of at least 4 members (excludes halogenated alkanes) is 1. The highest BCUT2D eigenvalue weighted by atomic mass is 35.5. The summed E-state index contributed by atoms with van der Waals surface area (Å²) in [5, 5.41) is 12.9. The lowest BCUT2D eigenvalue weighted by Crippen LogP contribution is -2.28. The third kappa shape index (κ3) is 3.75. The first kappa shape index (κ1) is 19.9. The van der Waals surface area contributed by atoms with E-state index in [0.29, 0.717) is 22.8 Å². The highest BCUT2D eigenvalue weighted by molar-refractivity contribution is 6.39. The number of nitrogens with zero attached hydrogens (tertiary/aromatic N) is 2. The van der Waals surface area contributed by atoms with Gasteiger partial charge < -0.3 is 10.2 Å². The highest BCUT2D eigenvalue weighted by Crippen LogP contribution is 2.38. The summed E-state index contributed by atoms with van der Waals surface area (Å²) in [5.74, 6) is -1.05. The third-order valence-electron chi connectivity index (χ3n) is 4.42. The van der Waals surface area contributed by atoms with Gasteiger partial charge in [0.05, 0.1) is 22.0 Å². The number of amides is 2. The van der Waals surface area contributed by atoms with Crippen molar-refractivity contribution in [2.75, 3.05) is 16.8 Å². The predicted octanol–water partition coefficient (Wildman–Crippen LogP) is 5.06. The molecule has 0 fully saturated rings. The number of hydrogen-bond donors (Lipinski definition) is 1. The van der Waals surface area contributed by atoms with Crippen LogP contribution in [-0.2, 0) is 9.59 Å². The van der Waals surface area contributed by atoms with Crippen LogP contribution in [0.2, 0.25) is 10.0 Å². The summed E-state index contributed by atoms with van der Waals surface area (Å²) in [4.78, 5) is 27.5. The Labute approximate surface area is 173 Å². The number of para-hydroxylation sites is 1. The molecule has 1 aliphatic heterocycles. The van der Waals surface area contributed by atoms with Crippen molar-refractivity contribution >= 4 is 52.0 Å². The van der Waals surface area contributed by atoms with Crippen molar-refractivity contribution in [2.45, 2.75) is 19.8 Å². The van der Waals surface area contributed by atoms with Crippen LogP contribution in [0.4, 0.5) is 11.4 Å². The van der Waals surface area contributed by atoms with Crippen molar-refractivity contribution < 1.29 is 9.59 Å². The molecule has 0 atom stereocenters. The summed E-state index contributed by atoms with van der Waals surface area (Å²) in [6, 6.07) is 13.7. The third-order valence-corrected chi connectivity index (χ3v) is 4.99. The van der Waals surface area contributed by atoms with Crippen LogP contribution in [0.3, 0.4) is 0 Å². The van der Waals surface area contributed by atoms with Crippen LogP contribution < -0.4 is 10.2 Å². The first-order valence-corrected chi connectivity index (χ1v) is 9.55. The molecule has 1 heterocycles. The normalized spacial score (nSPS) is 14.5. The second-order valence-electron chi connectivity index (χ2n) is 6.27. The summed E-state index contributed by atoms with van der Waals surface area (Å²) < 4.78 is 0. The zero-order chi connectivity index (χ0) is 20.3. The second kappa shape index (κ2) is 8.47. The minimum absolute atomic E-state index is 0.102. The number of carbonyl (C=O) groups is 2. The first-order valence-electron chi connectivity index (χ1n) is 8.80. The molecule has 28 heavy (non-hydrogen) atoms. The van der Waals surface area contributed by atoms with E-state index in [1.165, 1.54) is 6.07 Å². The Hall–Kier alpha value is -2.81. The van der Waals surface area contributed by atoms with Crippen LogP contribution in [0.5, 0.6) is 0 Å². The zero-order valence-corrected chi connectivity index (χ0v) is 16.6. The van der Waals surface area contributed by atoms with E-state index >= 15 is 0 Å². The van der Waals surface area contributed by atoms with Crippen molar-refractivity contribution in [2.24, 2.45) is 0 Å². The van der Waals surface area contributed by atoms with Gasteiger partial charge >= 0.3 is 0 Å². The Bertz CT molecular complexity index is 1020. The molecule has 0 saturated carbocycles. The van der Waals surface area contributed by atoms with Gasteiger partial charge in [-0.25, -0.2) is 0 Å². The van der Waals surface area contributed by atoms with E-state index in [1.807, 2.05) is 25.1 Å². The molecule has 0 aliphatic carbocycles. The predicted molar refractivity (Wildman–Crippen MR) is 111 cm³/mol. The van der Waals surface area contributed by atoms with Crippen LogP contribution >= 0.6 is 23.2 Å². The molecule has 0 unspecified atom stereocenters. The van der Waals surface area contributed by atoms with E-state index in [4.69, 9.17) is 23.2 Å². The molecule has 2 aromatic rings. The number of nitriles is 1. The lowest BCUT2D eigenvalue weighted by Gasteiger charge is -2.16. The van der Waals surface area contributed by atoms with E-state index in [-0.39, 0.29) is 27.8 Å². The Morgan fingerprint density at radius 1 is 1.21 bits per heavy atom.